The maximum atomic E-state index is 12.7. The van der Waals surface area contributed by atoms with E-state index in [1.54, 1.807) is 0 Å². The van der Waals surface area contributed by atoms with Crippen LogP contribution in [0.25, 0.3) is 0 Å². The molecule has 1 heterocycles. The summed E-state index contributed by atoms with van der Waals surface area (Å²) in [6.45, 7) is 4.14. The third-order valence-electron chi connectivity index (χ3n) is 3.57. The summed E-state index contributed by atoms with van der Waals surface area (Å²) in [4.78, 5) is 12.7. The van der Waals surface area contributed by atoms with Crippen LogP contribution in [-0.2, 0) is 5.54 Å². The van der Waals surface area contributed by atoms with Crippen LogP contribution in [0.4, 0.5) is 0 Å². The van der Waals surface area contributed by atoms with Crippen molar-refractivity contribution in [1.29, 1.82) is 0 Å². The Kier molecular flexibility index (Phi) is 3.50. The van der Waals surface area contributed by atoms with Crippen LogP contribution in [0.5, 0.6) is 0 Å². The van der Waals surface area contributed by atoms with E-state index in [0.29, 0.717) is 0 Å². The summed E-state index contributed by atoms with van der Waals surface area (Å²) in [5, 5.41) is 0. The molecule has 104 valence electrons. The van der Waals surface area contributed by atoms with Crippen LogP contribution in [0.1, 0.15) is 29.8 Å². The van der Waals surface area contributed by atoms with Gasteiger partial charge in [0.25, 0.3) is 0 Å². The molecular formula is C16H15ClINO. The second-order valence-corrected chi connectivity index (χ2v) is 10.4. The van der Waals surface area contributed by atoms with E-state index in [0.717, 1.165) is 14.7 Å². The third-order valence-corrected chi connectivity index (χ3v) is 9.85. The Morgan fingerprint density at radius 2 is 1.60 bits per heavy atom. The summed E-state index contributed by atoms with van der Waals surface area (Å²) in [5.74, 6) is 0.0645. The van der Waals surface area contributed by atoms with Crippen LogP contribution in [-0.4, -0.2) is 9.02 Å². The van der Waals surface area contributed by atoms with Crippen LogP contribution in [0.2, 0.25) is 0 Å². The summed E-state index contributed by atoms with van der Waals surface area (Å²) >= 11 is -2.16. The molecule has 0 saturated carbocycles. The fraction of sp³-hybridized carbons (Fsp3) is 0.188. The molecule has 0 saturated heterocycles. The molecule has 0 spiro atoms. The number of benzene rings is 2. The zero-order chi connectivity index (χ0) is 14.3. The minimum absolute atomic E-state index is 0.0645. The molecule has 3 rings (SSSR count). The molecule has 1 aliphatic rings. The fourth-order valence-corrected chi connectivity index (χ4v) is 8.63. The van der Waals surface area contributed by atoms with Gasteiger partial charge >= 0.3 is 130 Å². The van der Waals surface area contributed by atoms with Crippen LogP contribution < -0.4 is 0 Å². The van der Waals surface area contributed by atoms with Gasteiger partial charge in [-0.1, -0.05) is 0 Å². The van der Waals surface area contributed by atoms with Crippen molar-refractivity contribution in [2.75, 3.05) is 0 Å². The Morgan fingerprint density at radius 1 is 1.00 bits per heavy atom. The van der Waals surface area contributed by atoms with Gasteiger partial charge in [0.1, 0.15) is 0 Å². The normalized spacial score (nSPS) is 16.4. The van der Waals surface area contributed by atoms with E-state index in [-0.39, 0.29) is 11.4 Å². The molecule has 0 fully saturated rings. The van der Waals surface area contributed by atoms with Crippen molar-refractivity contribution in [3.63, 3.8) is 0 Å². The standard InChI is InChI=1S/C16H15ClINO/c1-16(2,12-8-4-3-5-9-12)19-15(20)13-10-6-7-11-14(13)18(19)17/h3-11H,1-2H3. The first-order chi connectivity index (χ1) is 9.53. The molecule has 1 amide bonds. The topological polar surface area (TPSA) is 20.3 Å². The number of nitrogens with zero attached hydrogens (tertiary/aromatic N) is 1. The fourth-order valence-electron chi connectivity index (χ4n) is 2.43. The number of hydrogen-bond donors (Lipinski definition) is 0. The van der Waals surface area contributed by atoms with Gasteiger partial charge < -0.3 is 0 Å². The Bertz CT molecular complexity index is 657. The van der Waals surface area contributed by atoms with Crippen molar-refractivity contribution in [2.45, 2.75) is 19.4 Å². The number of amides is 1. The molecule has 4 heteroatoms. The molecule has 2 aromatic rings. The molecule has 0 radical (unpaired) electrons. The predicted molar refractivity (Wildman–Crippen MR) is 90.6 cm³/mol. The van der Waals surface area contributed by atoms with Gasteiger partial charge in [-0.05, 0) is 0 Å². The monoisotopic (exact) mass is 399 g/mol. The van der Waals surface area contributed by atoms with Crippen LogP contribution in [0.3, 0.4) is 0 Å². The number of carbonyl (C=O) groups excluding carboxylic acids is 1. The zero-order valence-electron chi connectivity index (χ0n) is 11.3. The van der Waals surface area contributed by atoms with Crippen molar-refractivity contribution in [1.82, 2.24) is 3.11 Å². The van der Waals surface area contributed by atoms with Gasteiger partial charge in [0.15, 0.2) is 0 Å². The number of fused-ring (bicyclic) bond motifs is 1. The van der Waals surface area contributed by atoms with Crippen LogP contribution in [0, 0.1) is 3.57 Å². The Morgan fingerprint density at radius 3 is 2.25 bits per heavy atom. The van der Waals surface area contributed by atoms with Crippen molar-refractivity contribution in [2.24, 2.45) is 0 Å². The van der Waals surface area contributed by atoms with Crippen LogP contribution in [0.15, 0.2) is 54.6 Å². The Balaban J connectivity index is 2.07. The average Bonchev–Trinajstić information content (AvgIpc) is 2.73. The Labute approximate surface area is 130 Å². The molecular weight excluding hydrogens is 385 g/mol. The van der Waals surface area contributed by atoms with E-state index in [9.17, 15) is 4.79 Å². The average molecular weight is 400 g/mol. The van der Waals surface area contributed by atoms with Gasteiger partial charge in [-0.2, -0.15) is 0 Å². The van der Waals surface area contributed by atoms with Crippen molar-refractivity contribution in [3.8, 4) is 0 Å². The first-order valence-corrected chi connectivity index (χ1v) is 11.2. The minimum atomic E-state index is -2.16. The number of rotatable bonds is 2. The summed E-state index contributed by atoms with van der Waals surface area (Å²) in [7, 11) is 6.70. The van der Waals surface area contributed by atoms with E-state index in [4.69, 9.17) is 8.91 Å². The van der Waals surface area contributed by atoms with Crippen LogP contribution >= 0.6 is 27.9 Å². The summed E-state index contributed by atoms with van der Waals surface area (Å²) in [6.07, 6.45) is 0. The number of halogens is 2. The van der Waals surface area contributed by atoms with E-state index >= 15 is 0 Å². The quantitative estimate of drug-likeness (QED) is 0.523. The zero-order valence-corrected chi connectivity index (χ0v) is 14.2. The molecule has 0 aromatic heterocycles. The van der Waals surface area contributed by atoms with Gasteiger partial charge in [0.2, 0.25) is 0 Å². The third kappa shape index (κ3) is 2.04. The van der Waals surface area contributed by atoms with Gasteiger partial charge in [0.05, 0.1) is 0 Å². The Hall–Kier alpha value is -1.07. The van der Waals surface area contributed by atoms with E-state index in [1.165, 1.54) is 0 Å². The molecule has 0 bridgehead atoms. The van der Waals surface area contributed by atoms with Crippen molar-refractivity contribution >= 4 is 33.8 Å². The van der Waals surface area contributed by atoms with Gasteiger partial charge in [-0.3, -0.25) is 0 Å². The first kappa shape index (κ1) is 13.9. The van der Waals surface area contributed by atoms with Crippen molar-refractivity contribution < 1.29 is 4.79 Å². The van der Waals surface area contributed by atoms with Gasteiger partial charge in [-0.25, -0.2) is 0 Å². The molecule has 0 unspecified atom stereocenters. The molecule has 2 nitrogen and oxygen atoms in total. The summed E-state index contributed by atoms with van der Waals surface area (Å²) in [6, 6.07) is 17.8. The number of carbonyl (C=O) groups is 1. The summed E-state index contributed by atoms with van der Waals surface area (Å²) in [5.41, 5.74) is 1.50. The van der Waals surface area contributed by atoms with Crippen molar-refractivity contribution in [3.05, 3.63) is 69.3 Å². The molecule has 0 aliphatic carbocycles. The van der Waals surface area contributed by atoms with E-state index < -0.39 is 19.0 Å². The first-order valence-electron chi connectivity index (χ1n) is 6.39. The number of hydrogen-bond acceptors (Lipinski definition) is 1. The van der Waals surface area contributed by atoms with E-state index in [1.807, 2.05) is 45.6 Å². The molecule has 0 atom stereocenters. The SMILES string of the molecule is CC(C)(c1ccccc1)N1C(=O)c2ccccc2I1Cl. The molecule has 0 N–H and O–H groups in total. The molecule has 2 aromatic carbocycles. The second kappa shape index (κ2) is 5.04. The summed E-state index contributed by atoms with van der Waals surface area (Å²) < 4.78 is 2.96. The predicted octanol–water partition coefficient (Wildman–Crippen LogP) is 4.82. The molecule has 1 aliphatic heterocycles. The molecule has 20 heavy (non-hydrogen) atoms. The second-order valence-electron chi connectivity index (χ2n) is 5.21. The van der Waals surface area contributed by atoms with E-state index in [2.05, 4.69) is 26.0 Å². The maximum absolute atomic E-state index is 12.7. The van der Waals surface area contributed by atoms with Gasteiger partial charge in [-0.15, -0.1) is 0 Å². The van der Waals surface area contributed by atoms with Gasteiger partial charge in [0, 0.05) is 0 Å².